The zero-order valence-electron chi connectivity index (χ0n) is 8.91. The largest absolute Gasteiger partial charge is 0.497 e. The smallest absolute Gasteiger partial charge is 0.284 e. The predicted molar refractivity (Wildman–Crippen MR) is 59.6 cm³/mol. The van der Waals surface area contributed by atoms with E-state index in [0.717, 1.165) is 0 Å². The number of benzene rings is 1. The lowest BCUT2D eigenvalue weighted by molar-refractivity contribution is -0.384. The molecule has 0 unspecified atom stereocenters. The monoisotopic (exact) mass is 235 g/mol. The number of methoxy groups -OCH3 is 1. The van der Waals surface area contributed by atoms with Gasteiger partial charge in [0.2, 0.25) is 0 Å². The van der Waals surface area contributed by atoms with Gasteiger partial charge in [-0.2, -0.15) is 0 Å². The number of aromatic nitrogens is 1. The van der Waals surface area contributed by atoms with Gasteiger partial charge in [0.1, 0.15) is 5.75 Å². The average Bonchev–Trinajstić information content (AvgIpc) is 2.75. The number of anilines is 1. The third-order valence-electron chi connectivity index (χ3n) is 2.20. The number of ether oxygens (including phenoxy) is 1. The molecule has 7 nitrogen and oxygen atoms in total. The molecule has 1 aromatic heterocycles. The number of nitrogens with two attached hydrogens (primary N) is 1. The van der Waals surface area contributed by atoms with Crippen LogP contribution >= 0.6 is 0 Å². The number of nitro groups is 1. The summed E-state index contributed by atoms with van der Waals surface area (Å²) in [7, 11) is 1.44. The van der Waals surface area contributed by atoms with Crippen molar-refractivity contribution in [2.45, 2.75) is 0 Å². The molecule has 0 aliphatic heterocycles. The molecule has 0 saturated carbocycles. The zero-order valence-corrected chi connectivity index (χ0v) is 8.91. The van der Waals surface area contributed by atoms with Crippen LogP contribution in [0.1, 0.15) is 0 Å². The predicted octanol–water partition coefficient (Wildman–Crippen LogP) is 1.84. The highest BCUT2D eigenvalue weighted by molar-refractivity contribution is 5.72. The Bertz CT molecular complexity index is 564. The fraction of sp³-hybridized carbons (Fsp3) is 0.100. The van der Waals surface area contributed by atoms with Crippen LogP contribution in [-0.4, -0.2) is 17.2 Å². The number of hydrogen-bond donors (Lipinski definition) is 1. The van der Waals surface area contributed by atoms with Crippen LogP contribution in [0.5, 0.6) is 5.75 Å². The molecule has 0 radical (unpaired) electrons. The molecule has 7 heteroatoms. The third kappa shape index (κ3) is 2.03. The zero-order chi connectivity index (χ0) is 12.4. The lowest BCUT2D eigenvalue weighted by atomic mass is 10.1. The Morgan fingerprint density at radius 3 is 2.76 bits per heavy atom. The van der Waals surface area contributed by atoms with Crippen molar-refractivity contribution in [2.24, 2.45) is 0 Å². The maximum absolute atomic E-state index is 10.9. The Labute approximate surface area is 95.9 Å². The molecule has 0 aliphatic carbocycles. The molecule has 17 heavy (non-hydrogen) atoms. The number of hydrogen-bond acceptors (Lipinski definition) is 6. The van der Waals surface area contributed by atoms with Gasteiger partial charge < -0.3 is 15.0 Å². The molecule has 88 valence electrons. The Kier molecular flexibility index (Phi) is 2.65. The number of nitrogens with zero attached hydrogens (tertiary/aromatic N) is 2. The van der Waals surface area contributed by atoms with E-state index in [1.807, 2.05) is 0 Å². The molecular formula is C10H9N3O4. The quantitative estimate of drug-likeness (QED) is 0.642. The second-order valence-electron chi connectivity index (χ2n) is 3.26. The highest BCUT2D eigenvalue weighted by Crippen LogP contribution is 2.33. The molecule has 1 heterocycles. The first kappa shape index (κ1) is 10.9. The van der Waals surface area contributed by atoms with Crippen LogP contribution in [0.2, 0.25) is 0 Å². The Morgan fingerprint density at radius 2 is 2.24 bits per heavy atom. The summed E-state index contributed by atoms with van der Waals surface area (Å²) in [5.41, 5.74) is 5.58. The van der Waals surface area contributed by atoms with Crippen molar-refractivity contribution in [3.05, 3.63) is 34.4 Å². The van der Waals surface area contributed by atoms with Crippen LogP contribution in [-0.2, 0) is 0 Å². The van der Waals surface area contributed by atoms with Crippen molar-refractivity contribution in [2.75, 3.05) is 12.8 Å². The Hall–Kier alpha value is -2.57. The molecule has 0 aliphatic rings. The third-order valence-corrected chi connectivity index (χ3v) is 2.20. The van der Waals surface area contributed by atoms with Crippen molar-refractivity contribution >= 4 is 11.5 Å². The molecule has 2 aromatic rings. The van der Waals surface area contributed by atoms with E-state index < -0.39 is 4.92 Å². The van der Waals surface area contributed by atoms with Gasteiger partial charge in [-0.1, -0.05) is 5.16 Å². The first-order valence-electron chi connectivity index (χ1n) is 4.67. The number of nitro benzene ring substituents is 1. The number of rotatable bonds is 3. The highest BCUT2D eigenvalue weighted by Gasteiger charge is 2.19. The number of nitrogen functional groups attached to an aromatic ring is 1. The summed E-state index contributed by atoms with van der Waals surface area (Å²) in [4.78, 5) is 10.4. The maximum Gasteiger partial charge on any atom is 0.284 e. The van der Waals surface area contributed by atoms with E-state index >= 15 is 0 Å². The minimum absolute atomic E-state index is 0.125. The van der Waals surface area contributed by atoms with Crippen molar-refractivity contribution in [1.82, 2.24) is 5.16 Å². The van der Waals surface area contributed by atoms with Crippen LogP contribution < -0.4 is 10.5 Å². The maximum atomic E-state index is 10.9. The highest BCUT2D eigenvalue weighted by atomic mass is 16.6. The van der Waals surface area contributed by atoms with Crippen molar-refractivity contribution in [3.63, 3.8) is 0 Å². The first-order valence-corrected chi connectivity index (χ1v) is 4.67. The van der Waals surface area contributed by atoms with Gasteiger partial charge >= 0.3 is 0 Å². The molecular weight excluding hydrogens is 226 g/mol. The summed E-state index contributed by atoms with van der Waals surface area (Å²) in [5, 5.41) is 14.4. The van der Waals surface area contributed by atoms with Gasteiger partial charge in [0.25, 0.3) is 5.69 Å². The van der Waals surface area contributed by atoms with Crippen LogP contribution in [0.3, 0.4) is 0 Å². The van der Waals surface area contributed by atoms with E-state index in [9.17, 15) is 10.1 Å². The molecule has 1 aromatic carbocycles. The summed E-state index contributed by atoms with van der Waals surface area (Å²) >= 11 is 0. The van der Waals surface area contributed by atoms with Gasteiger partial charge in [0, 0.05) is 6.07 Å². The second-order valence-corrected chi connectivity index (χ2v) is 3.26. The molecule has 0 bridgehead atoms. The summed E-state index contributed by atoms with van der Waals surface area (Å²) in [6.45, 7) is 0. The molecule has 2 rings (SSSR count). The molecule has 2 N–H and O–H groups in total. The van der Waals surface area contributed by atoms with Crippen LogP contribution in [0, 0.1) is 10.1 Å². The second kappa shape index (κ2) is 4.12. The first-order chi connectivity index (χ1) is 8.11. The molecule has 0 amide bonds. The van der Waals surface area contributed by atoms with E-state index in [1.165, 1.54) is 25.3 Å². The Morgan fingerprint density at radius 1 is 1.47 bits per heavy atom. The lowest BCUT2D eigenvalue weighted by Crippen LogP contribution is -1.93. The minimum atomic E-state index is -0.517. The van der Waals surface area contributed by atoms with Crippen LogP contribution in [0.4, 0.5) is 11.5 Å². The normalized spacial score (nSPS) is 10.2. The van der Waals surface area contributed by atoms with Crippen LogP contribution in [0.15, 0.2) is 28.8 Å². The Balaban J connectivity index is 2.57. The van der Waals surface area contributed by atoms with Gasteiger partial charge in [0.05, 0.1) is 23.7 Å². The van der Waals surface area contributed by atoms with E-state index in [1.54, 1.807) is 6.07 Å². The van der Waals surface area contributed by atoms with E-state index in [2.05, 4.69) is 5.16 Å². The molecule has 0 fully saturated rings. The average molecular weight is 235 g/mol. The van der Waals surface area contributed by atoms with Gasteiger partial charge in [0.15, 0.2) is 11.6 Å². The SMILES string of the molecule is COc1ccc(-c2cc(N)no2)c([N+](=O)[O-])c1. The minimum Gasteiger partial charge on any atom is -0.497 e. The van der Waals surface area contributed by atoms with Gasteiger partial charge in [-0.3, -0.25) is 10.1 Å². The molecule has 0 atom stereocenters. The topological polar surface area (TPSA) is 104 Å². The van der Waals surface area contributed by atoms with Crippen LogP contribution in [0.25, 0.3) is 11.3 Å². The summed E-state index contributed by atoms with van der Waals surface area (Å²) in [5.74, 6) is 0.815. The lowest BCUT2D eigenvalue weighted by Gasteiger charge is -2.02. The van der Waals surface area contributed by atoms with E-state index in [-0.39, 0.29) is 17.3 Å². The molecule has 0 spiro atoms. The standard InChI is InChI=1S/C10H9N3O4/c1-16-6-2-3-7(8(4-6)13(14)15)9-5-10(11)12-17-9/h2-5H,1H3,(H2,11,12). The fourth-order valence-corrected chi connectivity index (χ4v) is 1.41. The fourth-order valence-electron chi connectivity index (χ4n) is 1.41. The van der Waals surface area contributed by atoms with Gasteiger partial charge in [-0.05, 0) is 12.1 Å². The van der Waals surface area contributed by atoms with Crippen molar-refractivity contribution < 1.29 is 14.2 Å². The molecule has 0 saturated heterocycles. The summed E-state index contributed by atoms with van der Waals surface area (Å²) in [6, 6.07) is 5.86. The van der Waals surface area contributed by atoms with Crippen molar-refractivity contribution in [3.8, 4) is 17.1 Å². The van der Waals surface area contributed by atoms with E-state index in [4.69, 9.17) is 15.0 Å². The summed E-state index contributed by atoms with van der Waals surface area (Å²) < 4.78 is 9.82. The summed E-state index contributed by atoms with van der Waals surface area (Å²) in [6.07, 6.45) is 0. The van der Waals surface area contributed by atoms with Gasteiger partial charge in [-0.15, -0.1) is 0 Å². The van der Waals surface area contributed by atoms with Crippen molar-refractivity contribution in [1.29, 1.82) is 0 Å². The van der Waals surface area contributed by atoms with E-state index in [0.29, 0.717) is 11.3 Å². The van der Waals surface area contributed by atoms with Gasteiger partial charge in [-0.25, -0.2) is 0 Å².